The van der Waals surface area contributed by atoms with Crippen molar-refractivity contribution in [2.75, 3.05) is 12.4 Å². The van der Waals surface area contributed by atoms with Crippen molar-refractivity contribution in [1.29, 1.82) is 5.26 Å². The topological polar surface area (TPSA) is 57.9 Å². The minimum atomic E-state index is 0.599. The number of benzene rings is 1. The molecule has 2 rings (SSSR count). The van der Waals surface area contributed by atoms with E-state index in [9.17, 15) is 0 Å². The molecule has 0 atom stereocenters. The molecule has 0 aliphatic carbocycles. The van der Waals surface area contributed by atoms with Gasteiger partial charge in [0.2, 0.25) is 0 Å². The highest BCUT2D eigenvalue weighted by molar-refractivity contribution is 7.09. The van der Waals surface area contributed by atoms with Crippen LogP contribution >= 0.6 is 11.3 Å². The molecule has 5 heteroatoms. The molecule has 0 aliphatic rings. The van der Waals surface area contributed by atoms with Gasteiger partial charge in [0.05, 0.1) is 24.9 Å². The summed E-state index contributed by atoms with van der Waals surface area (Å²) >= 11 is 1.58. The Hall–Kier alpha value is -2.06. The number of nitrogens with one attached hydrogen (secondary N) is 1. The molecule has 4 nitrogen and oxygen atoms in total. The van der Waals surface area contributed by atoms with E-state index in [1.165, 1.54) is 0 Å². The number of aromatic nitrogens is 1. The Kier molecular flexibility index (Phi) is 3.58. The van der Waals surface area contributed by atoms with Crippen LogP contribution in [0.4, 0.5) is 5.69 Å². The van der Waals surface area contributed by atoms with Gasteiger partial charge in [0.25, 0.3) is 0 Å². The SMILES string of the molecule is COc1ccc(C#N)c(NCc2nccs2)c1. The summed E-state index contributed by atoms with van der Waals surface area (Å²) in [5.74, 6) is 0.727. The first-order valence-electron chi connectivity index (χ1n) is 5.04. The largest absolute Gasteiger partial charge is 0.497 e. The Morgan fingerprint density at radius 3 is 3.06 bits per heavy atom. The number of nitriles is 1. The molecule has 1 N–H and O–H groups in total. The second kappa shape index (κ2) is 5.32. The average molecular weight is 245 g/mol. The molecule has 1 heterocycles. The van der Waals surface area contributed by atoms with Gasteiger partial charge in [0.1, 0.15) is 16.8 Å². The van der Waals surface area contributed by atoms with Gasteiger partial charge in [-0.1, -0.05) is 0 Å². The van der Waals surface area contributed by atoms with Crippen molar-refractivity contribution >= 4 is 17.0 Å². The summed E-state index contributed by atoms with van der Waals surface area (Å²) in [6.07, 6.45) is 1.76. The molecule has 0 saturated carbocycles. The number of rotatable bonds is 4. The van der Waals surface area contributed by atoms with Gasteiger partial charge in [0, 0.05) is 17.6 Å². The van der Waals surface area contributed by atoms with Crippen LogP contribution in [0.2, 0.25) is 0 Å². The summed E-state index contributed by atoms with van der Waals surface area (Å²) in [5, 5.41) is 15.1. The number of ether oxygens (including phenoxy) is 1. The molecular formula is C12H11N3OS. The van der Waals surface area contributed by atoms with Crippen LogP contribution in [0.15, 0.2) is 29.8 Å². The third-order valence-electron chi connectivity index (χ3n) is 2.26. The van der Waals surface area contributed by atoms with Crippen molar-refractivity contribution in [3.05, 3.63) is 40.3 Å². The first-order chi connectivity index (χ1) is 8.33. The fourth-order valence-corrected chi connectivity index (χ4v) is 1.96. The van der Waals surface area contributed by atoms with E-state index in [0.29, 0.717) is 12.1 Å². The van der Waals surface area contributed by atoms with Crippen LogP contribution in [-0.4, -0.2) is 12.1 Å². The average Bonchev–Trinajstić information content (AvgIpc) is 2.89. The highest BCUT2D eigenvalue weighted by Gasteiger charge is 2.04. The predicted molar refractivity (Wildman–Crippen MR) is 67.1 cm³/mol. The van der Waals surface area contributed by atoms with Gasteiger partial charge in [0.15, 0.2) is 0 Å². The molecule has 86 valence electrons. The standard InChI is InChI=1S/C12H11N3OS/c1-16-10-3-2-9(7-13)11(6-10)15-8-12-14-4-5-17-12/h2-6,15H,8H2,1H3. The fraction of sp³-hybridized carbons (Fsp3) is 0.167. The van der Waals surface area contributed by atoms with Crippen molar-refractivity contribution in [2.24, 2.45) is 0 Å². The molecule has 0 amide bonds. The zero-order valence-electron chi connectivity index (χ0n) is 9.30. The molecule has 0 radical (unpaired) electrons. The Morgan fingerprint density at radius 1 is 1.53 bits per heavy atom. The summed E-state index contributed by atoms with van der Waals surface area (Å²) in [4.78, 5) is 4.17. The van der Waals surface area contributed by atoms with Gasteiger partial charge < -0.3 is 10.1 Å². The normalized spacial score (nSPS) is 9.65. The van der Waals surface area contributed by atoms with Gasteiger partial charge in [-0.2, -0.15) is 5.26 Å². The van der Waals surface area contributed by atoms with Crippen LogP contribution in [0.5, 0.6) is 5.75 Å². The molecule has 0 aliphatic heterocycles. The lowest BCUT2D eigenvalue weighted by Crippen LogP contribution is -2.01. The van der Waals surface area contributed by atoms with E-state index in [1.54, 1.807) is 36.8 Å². The molecule has 0 fully saturated rings. The zero-order chi connectivity index (χ0) is 12.1. The Labute approximate surface area is 103 Å². The molecule has 0 unspecified atom stereocenters. The number of anilines is 1. The Bertz CT molecular complexity index is 531. The molecule has 0 spiro atoms. The van der Waals surface area contributed by atoms with Crippen molar-refractivity contribution in [1.82, 2.24) is 4.98 Å². The van der Waals surface area contributed by atoms with Crippen molar-refractivity contribution in [2.45, 2.75) is 6.54 Å². The van der Waals surface area contributed by atoms with Crippen LogP contribution in [-0.2, 0) is 6.54 Å². The van der Waals surface area contributed by atoms with E-state index >= 15 is 0 Å². The summed E-state index contributed by atoms with van der Waals surface area (Å²) in [5.41, 5.74) is 1.37. The zero-order valence-corrected chi connectivity index (χ0v) is 10.1. The predicted octanol–water partition coefficient (Wildman–Crippen LogP) is 2.64. The number of nitrogens with zero attached hydrogens (tertiary/aromatic N) is 2. The molecule has 2 aromatic rings. The summed E-state index contributed by atoms with van der Waals surface area (Å²) in [6, 6.07) is 7.46. The Balaban J connectivity index is 2.16. The smallest absolute Gasteiger partial charge is 0.121 e. The highest BCUT2D eigenvalue weighted by Crippen LogP contribution is 2.22. The highest BCUT2D eigenvalue weighted by atomic mass is 32.1. The maximum Gasteiger partial charge on any atom is 0.121 e. The molecule has 0 bridgehead atoms. The van der Waals surface area contributed by atoms with E-state index in [4.69, 9.17) is 10.00 Å². The minimum Gasteiger partial charge on any atom is -0.497 e. The van der Waals surface area contributed by atoms with Crippen LogP contribution in [0.25, 0.3) is 0 Å². The number of hydrogen-bond donors (Lipinski definition) is 1. The first-order valence-corrected chi connectivity index (χ1v) is 5.92. The third-order valence-corrected chi connectivity index (χ3v) is 3.04. The van der Waals surface area contributed by atoms with Crippen molar-refractivity contribution < 1.29 is 4.74 Å². The van der Waals surface area contributed by atoms with E-state index in [1.807, 2.05) is 11.4 Å². The number of methoxy groups -OCH3 is 1. The lowest BCUT2D eigenvalue weighted by atomic mass is 10.2. The van der Waals surface area contributed by atoms with E-state index in [-0.39, 0.29) is 0 Å². The van der Waals surface area contributed by atoms with Crippen LogP contribution in [0, 0.1) is 11.3 Å². The third kappa shape index (κ3) is 2.74. The summed E-state index contributed by atoms with van der Waals surface area (Å²) in [7, 11) is 1.60. The van der Waals surface area contributed by atoms with Gasteiger partial charge in [-0.3, -0.25) is 0 Å². The number of hydrogen-bond acceptors (Lipinski definition) is 5. The van der Waals surface area contributed by atoms with Crippen molar-refractivity contribution in [3.63, 3.8) is 0 Å². The first kappa shape index (κ1) is 11.4. The summed E-state index contributed by atoms with van der Waals surface area (Å²) in [6.45, 7) is 0.611. The van der Waals surface area contributed by atoms with Crippen molar-refractivity contribution in [3.8, 4) is 11.8 Å². The minimum absolute atomic E-state index is 0.599. The van der Waals surface area contributed by atoms with E-state index in [0.717, 1.165) is 16.4 Å². The number of thiazole rings is 1. The maximum atomic E-state index is 9.00. The monoisotopic (exact) mass is 245 g/mol. The van der Waals surface area contributed by atoms with Gasteiger partial charge in [-0.05, 0) is 12.1 Å². The fourth-order valence-electron chi connectivity index (χ4n) is 1.41. The van der Waals surface area contributed by atoms with Gasteiger partial charge >= 0.3 is 0 Å². The second-order valence-electron chi connectivity index (χ2n) is 3.30. The quantitative estimate of drug-likeness (QED) is 0.899. The molecule has 1 aromatic carbocycles. The van der Waals surface area contributed by atoms with Crippen LogP contribution < -0.4 is 10.1 Å². The van der Waals surface area contributed by atoms with Gasteiger partial charge in [-0.15, -0.1) is 11.3 Å². The van der Waals surface area contributed by atoms with Crippen LogP contribution in [0.1, 0.15) is 10.6 Å². The van der Waals surface area contributed by atoms with E-state index in [2.05, 4.69) is 16.4 Å². The molecule has 17 heavy (non-hydrogen) atoms. The van der Waals surface area contributed by atoms with E-state index < -0.39 is 0 Å². The molecule has 0 saturated heterocycles. The lowest BCUT2D eigenvalue weighted by molar-refractivity contribution is 0.415. The molecular weight excluding hydrogens is 234 g/mol. The lowest BCUT2D eigenvalue weighted by Gasteiger charge is -2.08. The second-order valence-corrected chi connectivity index (χ2v) is 4.28. The maximum absolute atomic E-state index is 9.00. The van der Waals surface area contributed by atoms with Crippen LogP contribution in [0.3, 0.4) is 0 Å². The van der Waals surface area contributed by atoms with Gasteiger partial charge in [-0.25, -0.2) is 4.98 Å². The Morgan fingerprint density at radius 2 is 2.41 bits per heavy atom. The summed E-state index contributed by atoms with van der Waals surface area (Å²) < 4.78 is 5.13. The molecule has 1 aromatic heterocycles.